The smallest absolute Gasteiger partial charge is 0.303 e. The van der Waals surface area contributed by atoms with Crippen molar-refractivity contribution in [1.82, 2.24) is 9.78 Å². The van der Waals surface area contributed by atoms with Gasteiger partial charge in [0.05, 0.1) is 12.8 Å². The molecule has 0 saturated heterocycles. The van der Waals surface area contributed by atoms with Gasteiger partial charge in [-0.15, -0.1) is 0 Å². The highest BCUT2D eigenvalue weighted by Crippen LogP contribution is 2.27. The molecule has 1 aromatic heterocycles. The largest absolute Gasteiger partial charge is 0.496 e. The summed E-state index contributed by atoms with van der Waals surface area (Å²) in [5, 5.41) is 13.2. The van der Waals surface area contributed by atoms with Gasteiger partial charge < -0.3 is 9.84 Å². The summed E-state index contributed by atoms with van der Waals surface area (Å²) in [5.41, 5.74) is 1.90. The fraction of sp³-hybridized carbons (Fsp3) is 0.412. The third-order valence-electron chi connectivity index (χ3n) is 3.55. The first-order valence-corrected chi connectivity index (χ1v) is 7.59. The number of methoxy groups -OCH3 is 1. The Morgan fingerprint density at radius 1 is 1.18 bits per heavy atom. The number of aryl methyl sites for hydroxylation is 1. The number of rotatable bonds is 9. The molecule has 0 spiro atoms. The molecule has 2 aromatic rings. The van der Waals surface area contributed by atoms with Crippen LogP contribution in [0, 0.1) is 0 Å². The molecule has 0 bridgehead atoms. The van der Waals surface area contributed by atoms with Gasteiger partial charge in [0, 0.05) is 24.7 Å². The quantitative estimate of drug-likeness (QED) is 0.719. The summed E-state index contributed by atoms with van der Waals surface area (Å²) in [5.74, 6) is 0.106. The van der Waals surface area contributed by atoms with Crippen molar-refractivity contribution in [2.75, 3.05) is 7.11 Å². The van der Waals surface area contributed by atoms with Crippen LogP contribution < -0.4 is 4.74 Å². The number of ether oxygens (including phenoxy) is 1. The molecule has 0 aliphatic rings. The molecule has 0 unspecified atom stereocenters. The van der Waals surface area contributed by atoms with Gasteiger partial charge in [-0.3, -0.25) is 9.48 Å². The van der Waals surface area contributed by atoms with Crippen molar-refractivity contribution in [3.63, 3.8) is 0 Å². The van der Waals surface area contributed by atoms with Gasteiger partial charge in [0.15, 0.2) is 0 Å². The number of nitrogens with zero attached hydrogens (tertiary/aromatic N) is 2. The van der Waals surface area contributed by atoms with Crippen LogP contribution >= 0.6 is 0 Å². The predicted octanol–water partition coefficient (Wildman–Crippen LogP) is 3.59. The molecule has 0 radical (unpaired) electrons. The molecular formula is C17H22N2O3. The van der Waals surface area contributed by atoms with Gasteiger partial charge in [0.25, 0.3) is 0 Å². The average molecular weight is 302 g/mol. The highest BCUT2D eigenvalue weighted by atomic mass is 16.5. The summed E-state index contributed by atoms with van der Waals surface area (Å²) in [6.45, 7) is 0.849. The van der Waals surface area contributed by atoms with Crippen LogP contribution in [0.2, 0.25) is 0 Å². The molecule has 2 rings (SSSR count). The molecule has 0 aliphatic heterocycles. The lowest BCUT2D eigenvalue weighted by molar-refractivity contribution is -0.137. The highest BCUT2D eigenvalue weighted by molar-refractivity contribution is 5.67. The molecule has 1 aromatic carbocycles. The first kappa shape index (κ1) is 16.1. The van der Waals surface area contributed by atoms with E-state index in [-0.39, 0.29) is 6.42 Å². The first-order valence-electron chi connectivity index (χ1n) is 7.59. The maximum absolute atomic E-state index is 10.4. The fourth-order valence-electron chi connectivity index (χ4n) is 2.39. The number of para-hydroxylation sites is 1. The third kappa shape index (κ3) is 4.62. The predicted molar refractivity (Wildman–Crippen MR) is 84.9 cm³/mol. The summed E-state index contributed by atoms with van der Waals surface area (Å²) in [7, 11) is 1.66. The minimum Gasteiger partial charge on any atom is -0.496 e. The Hall–Kier alpha value is -2.30. The second-order valence-corrected chi connectivity index (χ2v) is 5.22. The van der Waals surface area contributed by atoms with Crippen LogP contribution in [0.3, 0.4) is 0 Å². The van der Waals surface area contributed by atoms with Gasteiger partial charge in [-0.2, -0.15) is 5.10 Å². The van der Waals surface area contributed by atoms with Crippen molar-refractivity contribution in [3.8, 4) is 17.0 Å². The zero-order chi connectivity index (χ0) is 15.8. The molecule has 0 fully saturated rings. The van der Waals surface area contributed by atoms with Crippen molar-refractivity contribution in [2.45, 2.75) is 38.6 Å². The SMILES string of the molecule is COc1ccccc1-c1ccn(CCCCCCC(=O)O)n1. The van der Waals surface area contributed by atoms with Crippen LogP contribution in [-0.2, 0) is 11.3 Å². The van der Waals surface area contributed by atoms with E-state index in [9.17, 15) is 4.79 Å². The number of hydrogen-bond acceptors (Lipinski definition) is 3. The number of carboxylic acids is 1. The highest BCUT2D eigenvalue weighted by Gasteiger charge is 2.07. The van der Waals surface area contributed by atoms with E-state index >= 15 is 0 Å². The van der Waals surface area contributed by atoms with E-state index in [0.29, 0.717) is 0 Å². The van der Waals surface area contributed by atoms with E-state index in [1.807, 2.05) is 41.2 Å². The van der Waals surface area contributed by atoms with Crippen LogP contribution in [-0.4, -0.2) is 28.0 Å². The Morgan fingerprint density at radius 2 is 1.95 bits per heavy atom. The minimum atomic E-state index is -0.714. The summed E-state index contributed by atoms with van der Waals surface area (Å²) >= 11 is 0. The fourth-order valence-corrected chi connectivity index (χ4v) is 2.39. The van der Waals surface area contributed by atoms with Crippen LogP contribution in [0.25, 0.3) is 11.3 Å². The number of unbranched alkanes of at least 4 members (excludes halogenated alkanes) is 3. The topological polar surface area (TPSA) is 64.3 Å². The molecular weight excluding hydrogens is 280 g/mol. The summed E-state index contributed by atoms with van der Waals surface area (Å²) in [6.07, 6.45) is 5.97. The van der Waals surface area contributed by atoms with E-state index in [1.165, 1.54) is 0 Å². The zero-order valence-electron chi connectivity index (χ0n) is 12.9. The van der Waals surface area contributed by atoms with Crippen LogP contribution in [0.1, 0.15) is 32.1 Å². The van der Waals surface area contributed by atoms with Gasteiger partial charge in [-0.1, -0.05) is 25.0 Å². The summed E-state index contributed by atoms with van der Waals surface area (Å²) in [4.78, 5) is 10.4. The second-order valence-electron chi connectivity index (χ2n) is 5.22. The number of carbonyl (C=O) groups is 1. The summed E-state index contributed by atoms with van der Waals surface area (Å²) < 4.78 is 7.29. The van der Waals surface area contributed by atoms with E-state index in [1.54, 1.807) is 7.11 Å². The van der Waals surface area contributed by atoms with Gasteiger partial charge in [-0.25, -0.2) is 0 Å². The number of carboxylic acid groups (broad SMARTS) is 1. The summed E-state index contributed by atoms with van der Waals surface area (Å²) in [6, 6.07) is 9.83. The Labute approximate surface area is 130 Å². The molecule has 0 saturated carbocycles. The molecule has 1 heterocycles. The lowest BCUT2D eigenvalue weighted by Gasteiger charge is -2.05. The third-order valence-corrected chi connectivity index (χ3v) is 3.55. The zero-order valence-corrected chi connectivity index (χ0v) is 12.9. The van der Waals surface area contributed by atoms with Gasteiger partial charge in [-0.05, 0) is 31.0 Å². The minimum absolute atomic E-state index is 0.264. The molecule has 22 heavy (non-hydrogen) atoms. The maximum atomic E-state index is 10.4. The monoisotopic (exact) mass is 302 g/mol. The van der Waals surface area contributed by atoms with E-state index in [2.05, 4.69) is 5.10 Å². The molecule has 0 atom stereocenters. The number of aromatic nitrogens is 2. The van der Waals surface area contributed by atoms with Gasteiger partial charge in [0.2, 0.25) is 0 Å². The first-order chi connectivity index (χ1) is 10.7. The molecule has 0 amide bonds. The maximum Gasteiger partial charge on any atom is 0.303 e. The molecule has 0 aliphatic carbocycles. The Bertz CT molecular complexity index is 607. The van der Waals surface area contributed by atoms with Crippen molar-refractivity contribution >= 4 is 5.97 Å². The molecule has 1 N–H and O–H groups in total. The molecule has 5 nitrogen and oxygen atoms in total. The van der Waals surface area contributed by atoms with Crippen molar-refractivity contribution < 1.29 is 14.6 Å². The average Bonchev–Trinajstić information content (AvgIpc) is 2.99. The van der Waals surface area contributed by atoms with Crippen molar-refractivity contribution in [2.24, 2.45) is 0 Å². The van der Waals surface area contributed by atoms with Crippen molar-refractivity contribution in [1.29, 1.82) is 0 Å². The normalized spacial score (nSPS) is 10.6. The lowest BCUT2D eigenvalue weighted by Crippen LogP contribution is -1.99. The molecule has 118 valence electrons. The number of aliphatic carboxylic acids is 1. The standard InChI is InChI=1S/C17H22N2O3/c1-22-16-9-6-5-8-14(16)15-11-13-19(18-15)12-7-3-2-4-10-17(20)21/h5-6,8-9,11,13H,2-4,7,10,12H2,1H3,(H,20,21). The van der Waals surface area contributed by atoms with E-state index < -0.39 is 5.97 Å². The van der Waals surface area contributed by atoms with E-state index in [0.717, 1.165) is 49.2 Å². The van der Waals surface area contributed by atoms with Crippen LogP contribution in [0.5, 0.6) is 5.75 Å². The van der Waals surface area contributed by atoms with Crippen molar-refractivity contribution in [3.05, 3.63) is 36.5 Å². The Kier molecular flexibility index (Phi) is 6.01. The van der Waals surface area contributed by atoms with Crippen LogP contribution in [0.15, 0.2) is 36.5 Å². The Balaban J connectivity index is 1.83. The van der Waals surface area contributed by atoms with Gasteiger partial charge in [0.1, 0.15) is 5.75 Å². The number of benzene rings is 1. The van der Waals surface area contributed by atoms with Gasteiger partial charge >= 0.3 is 5.97 Å². The number of hydrogen-bond donors (Lipinski definition) is 1. The van der Waals surface area contributed by atoms with Crippen LogP contribution in [0.4, 0.5) is 0 Å². The lowest BCUT2D eigenvalue weighted by atomic mass is 10.1. The second kappa shape index (κ2) is 8.22. The Morgan fingerprint density at radius 3 is 2.73 bits per heavy atom. The molecule has 5 heteroatoms. The van der Waals surface area contributed by atoms with E-state index in [4.69, 9.17) is 9.84 Å².